The van der Waals surface area contributed by atoms with Crippen molar-refractivity contribution in [1.82, 2.24) is 5.32 Å². The Balaban J connectivity index is 2.16. The Bertz CT molecular complexity index is 440. The second-order valence-electron chi connectivity index (χ2n) is 4.74. The summed E-state index contributed by atoms with van der Waals surface area (Å²) < 4.78 is 11.3. The zero-order valence-electron chi connectivity index (χ0n) is 10.4. The van der Waals surface area contributed by atoms with Gasteiger partial charge in [0.25, 0.3) is 5.91 Å². The molecule has 0 saturated carbocycles. The molecule has 17 heavy (non-hydrogen) atoms. The molecule has 0 spiro atoms. The molecule has 0 fully saturated rings. The minimum absolute atomic E-state index is 0.0107. The van der Waals surface area contributed by atoms with Crippen LogP contribution in [0.25, 0.3) is 0 Å². The maximum Gasteiger partial charge on any atom is 0.257 e. The number of carbonyl (C=O) groups is 1. The molecule has 1 heterocycles. The zero-order valence-corrected chi connectivity index (χ0v) is 10.4. The van der Waals surface area contributed by atoms with Crippen LogP contribution in [0.2, 0.25) is 0 Å². The Morgan fingerprint density at radius 2 is 2.29 bits per heavy atom. The Morgan fingerprint density at radius 1 is 1.53 bits per heavy atom. The number of amides is 1. The lowest BCUT2D eigenvalue weighted by Gasteiger charge is -2.18. The van der Waals surface area contributed by atoms with E-state index >= 15 is 0 Å². The van der Waals surface area contributed by atoms with Gasteiger partial charge in [0.15, 0.2) is 18.1 Å². The van der Waals surface area contributed by atoms with Gasteiger partial charge in [0.2, 0.25) is 0 Å². The molecule has 0 aromatic heterocycles. The highest BCUT2D eigenvalue weighted by molar-refractivity contribution is 5.77. The van der Waals surface area contributed by atoms with Crippen molar-refractivity contribution in [1.29, 1.82) is 0 Å². The first-order chi connectivity index (χ1) is 8.02. The van der Waals surface area contributed by atoms with Crippen LogP contribution in [-0.4, -0.2) is 25.2 Å². The molecule has 0 atom stereocenters. The molecule has 0 saturated heterocycles. The topological polar surface area (TPSA) is 47.6 Å². The van der Waals surface area contributed by atoms with Gasteiger partial charge in [-0.3, -0.25) is 4.79 Å². The maximum atomic E-state index is 11.1. The lowest BCUT2D eigenvalue weighted by molar-refractivity contribution is -0.122. The third-order valence-corrected chi connectivity index (χ3v) is 2.69. The number of hydrogen-bond acceptors (Lipinski definition) is 3. The van der Waals surface area contributed by atoms with Crippen LogP contribution in [0.3, 0.4) is 0 Å². The van der Waals surface area contributed by atoms with Gasteiger partial charge in [-0.05, 0) is 19.9 Å². The van der Waals surface area contributed by atoms with Crippen molar-refractivity contribution < 1.29 is 14.3 Å². The first-order valence-corrected chi connectivity index (χ1v) is 5.66. The highest BCUT2D eigenvalue weighted by Gasteiger charge is 2.32. The standard InChI is InChI=1S/C13H17NO3/c1-13(2)7-9-5-4-6-10(12(9)17-13)16-8-11(15)14-3/h4-6H,7-8H2,1-3H3,(H,14,15). The number of para-hydroxylation sites is 1. The second-order valence-corrected chi connectivity index (χ2v) is 4.74. The number of rotatable bonds is 3. The van der Waals surface area contributed by atoms with E-state index in [9.17, 15) is 4.79 Å². The molecule has 0 radical (unpaired) electrons. The van der Waals surface area contributed by atoms with Gasteiger partial charge in [-0.2, -0.15) is 0 Å². The number of fused-ring (bicyclic) bond motifs is 1. The number of benzene rings is 1. The van der Waals surface area contributed by atoms with Gasteiger partial charge >= 0.3 is 0 Å². The van der Waals surface area contributed by atoms with Gasteiger partial charge < -0.3 is 14.8 Å². The van der Waals surface area contributed by atoms with E-state index in [1.54, 1.807) is 7.05 Å². The smallest absolute Gasteiger partial charge is 0.257 e. The van der Waals surface area contributed by atoms with Crippen molar-refractivity contribution in [2.75, 3.05) is 13.7 Å². The van der Waals surface area contributed by atoms with E-state index in [1.807, 2.05) is 32.0 Å². The highest BCUT2D eigenvalue weighted by atomic mass is 16.5. The molecule has 1 aromatic rings. The van der Waals surface area contributed by atoms with E-state index in [4.69, 9.17) is 9.47 Å². The van der Waals surface area contributed by atoms with Crippen molar-refractivity contribution in [3.63, 3.8) is 0 Å². The van der Waals surface area contributed by atoms with Crippen LogP contribution in [0.4, 0.5) is 0 Å². The molecular weight excluding hydrogens is 218 g/mol. The molecule has 1 aliphatic rings. The molecule has 0 unspecified atom stereocenters. The zero-order chi connectivity index (χ0) is 12.5. The molecular formula is C13H17NO3. The molecule has 1 aliphatic heterocycles. The van der Waals surface area contributed by atoms with Crippen LogP contribution in [0.15, 0.2) is 18.2 Å². The van der Waals surface area contributed by atoms with Crippen molar-refractivity contribution in [3.8, 4) is 11.5 Å². The number of carbonyl (C=O) groups excluding carboxylic acids is 1. The summed E-state index contributed by atoms with van der Waals surface area (Å²) in [6, 6.07) is 5.77. The Hall–Kier alpha value is -1.71. The first kappa shape index (κ1) is 11.8. The van der Waals surface area contributed by atoms with Crippen molar-refractivity contribution >= 4 is 5.91 Å². The van der Waals surface area contributed by atoms with E-state index in [0.717, 1.165) is 17.7 Å². The average Bonchev–Trinajstić information content (AvgIpc) is 2.60. The maximum absolute atomic E-state index is 11.1. The summed E-state index contributed by atoms with van der Waals surface area (Å²) >= 11 is 0. The van der Waals surface area contributed by atoms with Crippen LogP contribution in [0.5, 0.6) is 11.5 Å². The van der Waals surface area contributed by atoms with Gasteiger partial charge in [-0.15, -0.1) is 0 Å². The Labute approximate surface area is 101 Å². The minimum atomic E-state index is -0.200. The molecule has 0 aliphatic carbocycles. The van der Waals surface area contributed by atoms with E-state index in [-0.39, 0.29) is 18.1 Å². The van der Waals surface area contributed by atoms with E-state index in [0.29, 0.717) is 5.75 Å². The normalized spacial score (nSPS) is 15.9. The summed E-state index contributed by atoms with van der Waals surface area (Å²) in [5.41, 5.74) is 0.929. The van der Waals surface area contributed by atoms with Gasteiger partial charge in [-0.1, -0.05) is 12.1 Å². The van der Waals surface area contributed by atoms with Gasteiger partial charge in [0.1, 0.15) is 5.60 Å². The van der Waals surface area contributed by atoms with E-state index in [1.165, 1.54) is 0 Å². The predicted octanol–water partition coefficient (Wildman–Crippen LogP) is 1.52. The molecule has 1 N–H and O–H groups in total. The van der Waals surface area contributed by atoms with Crippen LogP contribution in [-0.2, 0) is 11.2 Å². The number of hydrogen-bond donors (Lipinski definition) is 1. The lowest BCUT2D eigenvalue weighted by atomic mass is 10.0. The third kappa shape index (κ3) is 2.52. The highest BCUT2D eigenvalue weighted by Crippen LogP contribution is 2.41. The number of ether oxygens (including phenoxy) is 2. The average molecular weight is 235 g/mol. The van der Waals surface area contributed by atoms with Crippen LogP contribution < -0.4 is 14.8 Å². The summed E-state index contributed by atoms with van der Waals surface area (Å²) in [6.07, 6.45) is 0.861. The Morgan fingerprint density at radius 3 is 3.00 bits per heavy atom. The number of likely N-dealkylation sites (N-methyl/N-ethyl adjacent to an activating group) is 1. The molecule has 4 nitrogen and oxygen atoms in total. The summed E-state index contributed by atoms with van der Waals surface area (Å²) in [7, 11) is 1.58. The lowest BCUT2D eigenvalue weighted by Crippen LogP contribution is -2.26. The monoisotopic (exact) mass is 235 g/mol. The van der Waals surface area contributed by atoms with Crippen molar-refractivity contribution in [2.24, 2.45) is 0 Å². The van der Waals surface area contributed by atoms with Crippen molar-refractivity contribution in [3.05, 3.63) is 23.8 Å². The van der Waals surface area contributed by atoms with E-state index < -0.39 is 0 Å². The minimum Gasteiger partial charge on any atom is -0.483 e. The van der Waals surface area contributed by atoms with Gasteiger partial charge in [-0.25, -0.2) is 0 Å². The third-order valence-electron chi connectivity index (χ3n) is 2.69. The number of nitrogens with one attached hydrogen (secondary N) is 1. The summed E-state index contributed by atoms with van der Waals surface area (Å²) in [5.74, 6) is 1.25. The van der Waals surface area contributed by atoms with Crippen molar-refractivity contribution in [2.45, 2.75) is 25.9 Å². The molecule has 2 rings (SSSR count). The predicted molar refractivity (Wildman–Crippen MR) is 64.4 cm³/mol. The molecule has 4 heteroatoms. The summed E-state index contributed by atoms with van der Waals surface area (Å²) in [4.78, 5) is 11.1. The summed E-state index contributed by atoms with van der Waals surface area (Å²) in [5, 5.41) is 2.51. The molecule has 1 aromatic carbocycles. The molecule has 0 bridgehead atoms. The van der Waals surface area contributed by atoms with Gasteiger partial charge in [0.05, 0.1) is 0 Å². The molecule has 1 amide bonds. The largest absolute Gasteiger partial charge is 0.483 e. The fraction of sp³-hybridized carbons (Fsp3) is 0.462. The van der Waals surface area contributed by atoms with Crippen LogP contribution in [0.1, 0.15) is 19.4 Å². The van der Waals surface area contributed by atoms with Gasteiger partial charge in [0, 0.05) is 19.0 Å². The van der Waals surface area contributed by atoms with E-state index in [2.05, 4.69) is 5.32 Å². The fourth-order valence-electron chi connectivity index (χ4n) is 1.92. The first-order valence-electron chi connectivity index (χ1n) is 5.66. The second kappa shape index (κ2) is 4.28. The fourth-order valence-corrected chi connectivity index (χ4v) is 1.92. The van der Waals surface area contributed by atoms with Crippen LogP contribution in [0, 0.1) is 0 Å². The summed E-state index contributed by atoms with van der Waals surface area (Å²) in [6.45, 7) is 4.09. The quantitative estimate of drug-likeness (QED) is 0.864. The molecule has 92 valence electrons. The van der Waals surface area contributed by atoms with Crippen LogP contribution >= 0.6 is 0 Å². The SMILES string of the molecule is CNC(=O)COc1cccc2c1OC(C)(C)C2. The Kier molecular flexibility index (Phi) is 2.96.